The molecule has 5 nitrogen and oxygen atoms in total. The minimum absolute atomic E-state index is 0.123. The Bertz CT molecular complexity index is 782. The van der Waals surface area contributed by atoms with Crippen molar-refractivity contribution in [1.29, 1.82) is 0 Å². The number of hydrogen-bond donors (Lipinski definition) is 0. The van der Waals surface area contributed by atoms with Gasteiger partial charge in [-0.05, 0) is 43.4 Å². The van der Waals surface area contributed by atoms with Crippen molar-refractivity contribution >= 4 is 0 Å². The molecule has 8 heteroatoms. The summed E-state index contributed by atoms with van der Waals surface area (Å²) in [6.45, 7) is 2.11. The third-order valence-electron chi connectivity index (χ3n) is 5.64. The molecule has 1 aromatic heterocycles. The monoisotopic (exact) mass is 407 g/mol. The molecule has 1 saturated carbocycles. The van der Waals surface area contributed by atoms with Crippen molar-refractivity contribution in [2.75, 3.05) is 13.1 Å². The number of rotatable bonds is 5. The lowest BCUT2D eigenvalue weighted by Crippen LogP contribution is -2.43. The van der Waals surface area contributed by atoms with Crippen molar-refractivity contribution in [3.05, 3.63) is 36.7 Å². The molecule has 2 aliphatic rings. The summed E-state index contributed by atoms with van der Waals surface area (Å²) in [5.41, 5.74) is 1.41. The standard InChI is InChI=1S/C21H24F3N3O2/c22-21(23,24)29-19-7-5-15(6-8-19)16-13-25-20(26-14-16)28-18-9-11-27(12-10-18)17-3-1-2-4-17/h5-8,13-14,17-18H,1-4,9-12H2. The summed E-state index contributed by atoms with van der Waals surface area (Å²) in [7, 11) is 0. The number of nitrogens with zero attached hydrogens (tertiary/aromatic N) is 3. The number of alkyl halides is 3. The second-order valence-corrected chi connectivity index (χ2v) is 7.62. The molecule has 0 radical (unpaired) electrons. The van der Waals surface area contributed by atoms with Crippen LogP contribution in [-0.4, -0.2) is 46.5 Å². The number of halogens is 3. The Morgan fingerprint density at radius 1 is 0.862 bits per heavy atom. The van der Waals surface area contributed by atoms with Gasteiger partial charge in [0.2, 0.25) is 0 Å². The fraction of sp³-hybridized carbons (Fsp3) is 0.524. The van der Waals surface area contributed by atoms with E-state index in [1.165, 1.54) is 37.8 Å². The first-order valence-electron chi connectivity index (χ1n) is 10.1. The summed E-state index contributed by atoms with van der Waals surface area (Å²) < 4.78 is 46.5. The van der Waals surface area contributed by atoms with Crippen molar-refractivity contribution < 1.29 is 22.6 Å². The van der Waals surface area contributed by atoms with Gasteiger partial charge in [0.05, 0.1) is 0 Å². The van der Waals surface area contributed by atoms with Gasteiger partial charge in [0.15, 0.2) is 0 Å². The van der Waals surface area contributed by atoms with Gasteiger partial charge in [-0.1, -0.05) is 25.0 Å². The van der Waals surface area contributed by atoms with Gasteiger partial charge in [0.25, 0.3) is 0 Å². The highest BCUT2D eigenvalue weighted by molar-refractivity contribution is 5.62. The first-order valence-corrected chi connectivity index (χ1v) is 10.1. The quantitative estimate of drug-likeness (QED) is 0.711. The molecule has 156 valence electrons. The van der Waals surface area contributed by atoms with E-state index >= 15 is 0 Å². The van der Waals surface area contributed by atoms with Crippen LogP contribution in [0.3, 0.4) is 0 Å². The maximum atomic E-state index is 12.2. The summed E-state index contributed by atoms with van der Waals surface area (Å²) in [5, 5.41) is 0. The topological polar surface area (TPSA) is 47.5 Å². The molecule has 2 heterocycles. The molecule has 29 heavy (non-hydrogen) atoms. The fourth-order valence-electron chi connectivity index (χ4n) is 4.15. The average Bonchev–Trinajstić information content (AvgIpc) is 3.24. The van der Waals surface area contributed by atoms with Gasteiger partial charge in [0, 0.05) is 37.1 Å². The molecule has 4 rings (SSSR count). The summed E-state index contributed by atoms with van der Waals surface area (Å²) in [6, 6.07) is 6.71. The molecule has 0 spiro atoms. The third kappa shape index (κ3) is 5.38. The number of piperidine rings is 1. The molecule has 1 saturated heterocycles. The van der Waals surface area contributed by atoms with Crippen LogP contribution < -0.4 is 9.47 Å². The summed E-state index contributed by atoms with van der Waals surface area (Å²) in [5.74, 6) is -0.258. The van der Waals surface area contributed by atoms with Crippen molar-refractivity contribution in [2.24, 2.45) is 0 Å². The smallest absolute Gasteiger partial charge is 0.460 e. The van der Waals surface area contributed by atoms with E-state index in [9.17, 15) is 13.2 Å². The van der Waals surface area contributed by atoms with E-state index < -0.39 is 6.36 Å². The van der Waals surface area contributed by atoms with Gasteiger partial charge in [-0.3, -0.25) is 0 Å². The average molecular weight is 407 g/mol. The maximum absolute atomic E-state index is 12.2. The minimum atomic E-state index is -4.70. The molecule has 1 aromatic carbocycles. The SMILES string of the molecule is FC(F)(F)Oc1ccc(-c2cnc(OC3CCN(C4CCCC4)CC3)nc2)cc1. The van der Waals surface area contributed by atoms with E-state index in [0.717, 1.165) is 32.0 Å². The molecular formula is C21H24F3N3O2. The molecule has 0 N–H and O–H groups in total. The van der Waals surface area contributed by atoms with Crippen molar-refractivity contribution in [2.45, 2.75) is 57.0 Å². The van der Waals surface area contributed by atoms with Crippen molar-refractivity contribution in [3.8, 4) is 22.9 Å². The lowest BCUT2D eigenvalue weighted by Gasteiger charge is -2.35. The highest BCUT2D eigenvalue weighted by atomic mass is 19.4. The molecule has 2 aromatic rings. The molecule has 0 unspecified atom stereocenters. The Labute approximate surface area is 167 Å². The number of ether oxygens (including phenoxy) is 2. The number of benzene rings is 1. The fourth-order valence-corrected chi connectivity index (χ4v) is 4.15. The first kappa shape index (κ1) is 19.9. The first-order chi connectivity index (χ1) is 14.0. The normalized spacial score (nSPS) is 19.4. The highest BCUT2D eigenvalue weighted by Crippen LogP contribution is 2.28. The van der Waals surface area contributed by atoms with Gasteiger partial charge < -0.3 is 14.4 Å². The molecule has 1 aliphatic carbocycles. The molecule has 0 bridgehead atoms. The Balaban J connectivity index is 1.30. The van der Waals surface area contributed by atoms with Crippen LogP contribution in [0.4, 0.5) is 13.2 Å². The van der Waals surface area contributed by atoms with Gasteiger partial charge >= 0.3 is 12.4 Å². The minimum Gasteiger partial charge on any atom is -0.460 e. The third-order valence-corrected chi connectivity index (χ3v) is 5.64. The summed E-state index contributed by atoms with van der Waals surface area (Å²) >= 11 is 0. The predicted molar refractivity (Wildman–Crippen MR) is 102 cm³/mol. The van der Waals surface area contributed by atoms with Crippen LogP contribution in [0.15, 0.2) is 36.7 Å². The van der Waals surface area contributed by atoms with E-state index in [2.05, 4.69) is 19.6 Å². The van der Waals surface area contributed by atoms with Crippen LogP contribution >= 0.6 is 0 Å². The van der Waals surface area contributed by atoms with Crippen LogP contribution in [0, 0.1) is 0 Å². The lowest BCUT2D eigenvalue weighted by atomic mass is 10.0. The van der Waals surface area contributed by atoms with Gasteiger partial charge in [-0.15, -0.1) is 13.2 Å². The van der Waals surface area contributed by atoms with Crippen LogP contribution in [0.25, 0.3) is 11.1 Å². The van der Waals surface area contributed by atoms with Crippen LogP contribution in [0.1, 0.15) is 38.5 Å². The largest absolute Gasteiger partial charge is 0.573 e. The Morgan fingerprint density at radius 2 is 1.48 bits per heavy atom. The van der Waals surface area contributed by atoms with Crippen molar-refractivity contribution in [3.63, 3.8) is 0 Å². The zero-order valence-electron chi connectivity index (χ0n) is 16.1. The van der Waals surface area contributed by atoms with Gasteiger partial charge in [-0.2, -0.15) is 0 Å². The predicted octanol–water partition coefficient (Wildman–Crippen LogP) is 4.83. The molecule has 2 fully saturated rings. The van der Waals surface area contributed by atoms with Gasteiger partial charge in [-0.25, -0.2) is 9.97 Å². The highest BCUT2D eigenvalue weighted by Gasteiger charge is 2.31. The lowest BCUT2D eigenvalue weighted by molar-refractivity contribution is -0.274. The van der Waals surface area contributed by atoms with E-state index in [-0.39, 0.29) is 11.9 Å². The summed E-state index contributed by atoms with van der Waals surface area (Å²) in [6.07, 6.45) is 5.95. The van der Waals surface area contributed by atoms with E-state index in [4.69, 9.17) is 4.74 Å². The van der Waals surface area contributed by atoms with E-state index in [0.29, 0.717) is 17.1 Å². The second kappa shape index (κ2) is 8.57. The Kier molecular flexibility index (Phi) is 5.89. The number of hydrogen-bond acceptors (Lipinski definition) is 5. The molecular weight excluding hydrogens is 383 g/mol. The Morgan fingerprint density at radius 3 is 2.07 bits per heavy atom. The summed E-state index contributed by atoms with van der Waals surface area (Å²) in [4.78, 5) is 11.1. The Hall–Kier alpha value is -2.35. The second-order valence-electron chi connectivity index (χ2n) is 7.62. The number of aromatic nitrogens is 2. The zero-order chi connectivity index (χ0) is 20.3. The maximum Gasteiger partial charge on any atom is 0.573 e. The van der Waals surface area contributed by atoms with E-state index in [1.807, 2.05) is 0 Å². The molecule has 0 atom stereocenters. The van der Waals surface area contributed by atoms with Crippen LogP contribution in [-0.2, 0) is 0 Å². The zero-order valence-corrected chi connectivity index (χ0v) is 16.1. The van der Waals surface area contributed by atoms with Crippen LogP contribution in [0.2, 0.25) is 0 Å². The van der Waals surface area contributed by atoms with Crippen LogP contribution in [0.5, 0.6) is 11.8 Å². The molecule has 1 aliphatic heterocycles. The van der Waals surface area contributed by atoms with E-state index in [1.54, 1.807) is 24.5 Å². The van der Waals surface area contributed by atoms with Gasteiger partial charge in [0.1, 0.15) is 11.9 Å². The number of likely N-dealkylation sites (tertiary alicyclic amines) is 1. The van der Waals surface area contributed by atoms with Crippen molar-refractivity contribution in [1.82, 2.24) is 14.9 Å². The molecule has 0 amide bonds.